The van der Waals surface area contributed by atoms with E-state index >= 15 is 0 Å². The molecule has 0 saturated carbocycles. The molecule has 0 radical (unpaired) electrons. The Hall–Kier alpha value is -3.89. The molecule has 5 unspecified atom stereocenters. The van der Waals surface area contributed by atoms with Gasteiger partial charge in [-0.25, -0.2) is 0 Å². The van der Waals surface area contributed by atoms with Crippen LogP contribution in [0.1, 0.15) is 29.3 Å². The summed E-state index contributed by atoms with van der Waals surface area (Å²) in [7, 11) is 3.43. The molecule has 2 aromatic rings. The number of nitrogens with zero attached hydrogens (tertiary/aromatic N) is 2. The highest BCUT2D eigenvalue weighted by Crippen LogP contribution is 2.55. The molecule has 3 aliphatic rings. The third-order valence-corrected chi connectivity index (χ3v) is 8.12. The Bertz CT molecular complexity index is 1400. The zero-order chi connectivity index (χ0) is 27.0. The number of aliphatic hydroxyl groups is 3. The van der Waals surface area contributed by atoms with Crippen LogP contribution in [0.3, 0.4) is 0 Å². The van der Waals surface area contributed by atoms with Crippen molar-refractivity contribution in [2.45, 2.75) is 31.4 Å². The third-order valence-electron chi connectivity index (χ3n) is 8.12. The van der Waals surface area contributed by atoms with Gasteiger partial charge in [-0.05, 0) is 69.5 Å². The Morgan fingerprint density at radius 1 is 1.19 bits per heavy atom. The number of phenols is 1. The van der Waals surface area contributed by atoms with E-state index in [1.54, 1.807) is 43.4 Å². The van der Waals surface area contributed by atoms with E-state index in [1.807, 2.05) is 6.07 Å². The molecule has 10 nitrogen and oxygen atoms in total. The number of rotatable bonds is 3. The largest absolute Gasteiger partial charge is 0.511 e. The Labute approximate surface area is 213 Å². The number of pyridine rings is 1. The number of allylic oxidation sites excluding steroid dienone is 1. The number of nitrogen functional groups attached to an aromatic ring is 1. The predicted molar refractivity (Wildman–Crippen MR) is 135 cm³/mol. The number of fused-ring (bicyclic) bond motifs is 3. The van der Waals surface area contributed by atoms with Crippen molar-refractivity contribution in [2.24, 2.45) is 23.5 Å². The molecule has 37 heavy (non-hydrogen) atoms. The van der Waals surface area contributed by atoms with E-state index in [4.69, 9.17) is 11.5 Å². The van der Waals surface area contributed by atoms with Crippen molar-refractivity contribution in [2.75, 3.05) is 19.8 Å². The second-order valence-electron chi connectivity index (χ2n) is 10.5. The molecule has 0 bridgehead atoms. The zero-order valence-electron chi connectivity index (χ0n) is 20.8. The number of carbonyl (C=O) groups excluding carboxylic acids is 2. The number of aromatic hydroxyl groups is 1. The number of Topliss-reactive ketones (excluding diaryl/α,β-unsaturated/α-hetero) is 1. The summed E-state index contributed by atoms with van der Waals surface area (Å²) in [6, 6.07) is 6.21. The molecule has 5 rings (SSSR count). The van der Waals surface area contributed by atoms with Crippen LogP contribution in [0.15, 0.2) is 53.1 Å². The first-order valence-corrected chi connectivity index (χ1v) is 12.0. The summed E-state index contributed by atoms with van der Waals surface area (Å²) in [6.45, 7) is 1.31. The van der Waals surface area contributed by atoms with Gasteiger partial charge in [-0.3, -0.25) is 19.5 Å². The number of aromatic nitrogens is 1. The van der Waals surface area contributed by atoms with Gasteiger partial charge in [0.1, 0.15) is 22.9 Å². The quantitative estimate of drug-likeness (QED) is 0.267. The molecule has 0 fully saturated rings. The van der Waals surface area contributed by atoms with E-state index in [9.17, 15) is 30.0 Å². The van der Waals surface area contributed by atoms with Gasteiger partial charge in [-0.2, -0.15) is 0 Å². The molecule has 3 aliphatic carbocycles. The van der Waals surface area contributed by atoms with Crippen molar-refractivity contribution in [3.05, 3.63) is 64.3 Å². The molecule has 0 spiro atoms. The molecule has 1 amide bonds. The Kier molecular flexibility index (Phi) is 5.58. The maximum absolute atomic E-state index is 13.9. The van der Waals surface area contributed by atoms with Gasteiger partial charge >= 0.3 is 0 Å². The summed E-state index contributed by atoms with van der Waals surface area (Å²) in [5.74, 6) is -4.82. The number of ketones is 1. The van der Waals surface area contributed by atoms with Gasteiger partial charge in [0, 0.05) is 17.3 Å². The highest BCUT2D eigenvalue weighted by atomic mass is 16.3. The summed E-state index contributed by atoms with van der Waals surface area (Å²) < 4.78 is 0. The van der Waals surface area contributed by atoms with Gasteiger partial charge in [0.15, 0.2) is 5.78 Å². The first-order chi connectivity index (χ1) is 17.4. The lowest BCUT2D eigenvalue weighted by molar-refractivity contribution is -0.120. The maximum atomic E-state index is 13.9. The molecule has 5 atom stereocenters. The molecule has 10 heteroatoms. The first-order valence-electron chi connectivity index (χ1n) is 12.0. The van der Waals surface area contributed by atoms with Crippen LogP contribution >= 0.6 is 0 Å². The monoisotopic (exact) mass is 506 g/mol. The number of amides is 1. The molecule has 1 heterocycles. The molecular weight excluding hydrogens is 476 g/mol. The van der Waals surface area contributed by atoms with Crippen LogP contribution in [-0.4, -0.2) is 67.7 Å². The Morgan fingerprint density at radius 2 is 1.89 bits per heavy atom. The summed E-state index contributed by atoms with van der Waals surface area (Å²) in [5.41, 5.74) is 11.0. The summed E-state index contributed by atoms with van der Waals surface area (Å²) in [6.07, 6.45) is 2.23. The zero-order valence-corrected chi connectivity index (χ0v) is 20.8. The smallest absolute Gasteiger partial charge is 0.251 e. The fourth-order valence-electron chi connectivity index (χ4n) is 6.73. The Morgan fingerprint density at radius 3 is 2.49 bits per heavy atom. The molecule has 0 aliphatic heterocycles. The number of phenolic OH excluding ortho intramolecular Hbond substituents is 1. The average Bonchev–Trinajstić information content (AvgIpc) is 2.80. The predicted octanol–water partition coefficient (Wildman–Crippen LogP) is 1.83. The number of primary amides is 1. The second kappa shape index (κ2) is 8.32. The van der Waals surface area contributed by atoms with Gasteiger partial charge in [0.2, 0.25) is 0 Å². The van der Waals surface area contributed by atoms with E-state index in [0.717, 1.165) is 0 Å². The second-order valence-corrected chi connectivity index (χ2v) is 10.5. The highest BCUT2D eigenvalue weighted by Gasteiger charge is 2.59. The van der Waals surface area contributed by atoms with Gasteiger partial charge in [0.25, 0.3) is 5.91 Å². The van der Waals surface area contributed by atoms with Gasteiger partial charge in [-0.15, -0.1) is 0 Å². The van der Waals surface area contributed by atoms with Crippen LogP contribution in [0, 0.1) is 17.8 Å². The molecule has 0 saturated heterocycles. The van der Waals surface area contributed by atoms with Crippen molar-refractivity contribution in [1.29, 1.82) is 0 Å². The van der Waals surface area contributed by atoms with E-state index in [-0.39, 0.29) is 34.1 Å². The summed E-state index contributed by atoms with van der Waals surface area (Å²) in [4.78, 5) is 32.3. The minimum absolute atomic E-state index is 0.00110. The Balaban J connectivity index is 1.74. The van der Waals surface area contributed by atoms with E-state index in [1.165, 1.54) is 6.92 Å². The molecular formula is C27H30N4O6. The lowest BCUT2D eigenvalue weighted by Crippen LogP contribution is -2.59. The lowest BCUT2D eigenvalue weighted by atomic mass is 9.56. The van der Waals surface area contributed by atoms with Crippen molar-refractivity contribution >= 4 is 17.4 Å². The van der Waals surface area contributed by atoms with Crippen LogP contribution in [0.2, 0.25) is 0 Å². The number of carbonyl (C=O) groups is 2. The van der Waals surface area contributed by atoms with Crippen molar-refractivity contribution in [3.63, 3.8) is 0 Å². The summed E-state index contributed by atoms with van der Waals surface area (Å²) >= 11 is 0. The van der Waals surface area contributed by atoms with Crippen LogP contribution < -0.4 is 11.5 Å². The number of aliphatic hydroxyl groups excluding tert-OH is 2. The SMILES string of the molecule is CN(C)C1C(O)=C(C(N)=O)C(C)(O)C2C(O)=C3C(=O)c4c(O)c(N)cc(-c5ccccn5)c4CC3CC12. The van der Waals surface area contributed by atoms with Crippen LogP contribution in [-0.2, 0) is 11.2 Å². The fourth-order valence-corrected chi connectivity index (χ4v) is 6.73. The maximum Gasteiger partial charge on any atom is 0.251 e. The van der Waals surface area contributed by atoms with Gasteiger partial charge in [0.05, 0.1) is 34.5 Å². The number of benzene rings is 1. The summed E-state index contributed by atoms with van der Waals surface area (Å²) in [5, 5.41) is 44.9. The molecule has 1 aromatic heterocycles. The number of hydrogen-bond donors (Lipinski definition) is 6. The minimum Gasteiger partial charge on any atom is -0.511 e. The van der Waals surface area contributed by atoms with Crippen molar-refractivity contribution < 1.29 is 30.0 Å². The topological polar surface area (TPSA) is 183 Å². The fraction of sp³-hybridized carbons (Fsp3) is 0.370. The average molecular weight is 507 g/mol. The van der Waals surface area contributed by atoms with Crippen LogP contribution in [0.4, 0.5) is 5.69 Å². The van der Waals surface area contributed by atoms with Crippen LogP contribution in [0.25, 0.3) is 11.3 Å². The van der Waals surface area contributed by atoms with Crippen molar-refractivity contribution in [1.82, 2.24) is 9.88 Å². The third kappa shape index (κ3) is 3.43. The molecule has 1 aromatic carbocycles. The lowest BCUT2D eigenvalue weighted by Gasteiger charge is -2.52. The van der Waals surface area contributed by atoms with E-state index in [0.29, 0.717) is 29.7 Å². The van der Waals surface area contributed by atoms with E-state index in [2.05, 4.69) is 4.98 Å². The minimum atomic E-state index is -2.04. The number of likely N-dealkylation sites (N-methyl/N-ethyl adjacent to an activating group) is 1. The first kappa shape index (κ1) is 24.8. The number of anilines is 1. The van der Waals surface area contributed by atoms with Crippen molar-refractivity contribution in [3.8, 4) is 17.0 Å². The molecule has 8 N–H and O–H groups in total. The number of nitrogens with two attached hydrogens (primary N) is 2. The van der Waals surface area contributed by atoms with Gasteiger partial charge in [-0.1, -0.05) is 6.07 Å². The van der Waals surface area contributed by atoms with Crippen LogP contribution in [0.5, 0.6) is 5.75 Å². The molecule has 194 valence electrons. The number of hydrogen-bond acceptors (Lipinski definition) is 9. The highest BCUT2D eigenvalue weighted by molar-refractivity contribution is 6.15. The van der Waals surface area contributed by atoms with Gasteiger partial charge < -0.3 is 31.9 Å². The van der Waals surface area contributed by atoms with E-state index < -0.39 is 46.7 Å². The standard InChI is InChI=1S/C27H30N4O6/c1-27(37)19-14(21(31(2)3)25(35)20(27)26(29)36)9-11-8-13-12(16-6-4-5-7-30-16)10-15(28)22(32)18(13)23(33)17(11)24(19)34/h4-7,10-11,14,19,21,32,34-35,37H,8-9,28H2,1-3H3,(H2,29,36). The normalized spacial score (nSPS) is 29.2.